The van der Waals surface area contributed by atoms with E-state index < -0.39 is 0 Å². The first-order valence-electron chi connectivity index (χ1n) is 3.22. The van der Waals surface area contributed by atoms with E-state index in [0.29, 0.717) is 0 Å². The van der Waals surface area contributed by atoms with Crippen LogP contribution in [0.25, 0.3) is 5.32 Å². The molecule has 1 heterocycles. The molecule has 0 unspecified atom stereocenters. The zero-order valence-electron chi connectivity index (χ0n) is 5.55. The first kappa shape index (κ1) is 7.79. The van der Waals surface area contributed by atoms with Gasteiger partial charge in [-0.15, -0.1) is 12.2 Å². The average molecular weight is 304 g/mol. The van der Waals surface area contributed by atoms with Crippen molar-refractivity contribution in [3.63, 3.8) is 0 Å². The molecule has 0 spiro atoms. The SMILES string of the molecule is [Re].c1ccc2c(c1)CC[N-]2. The van der Waals surface area contributed by atoms with Crippen LogP contribution in [0.3, 0.4) is 0 Å². The number of nitrogens with zero attached hydrogens (tertiary/aromatic N) is 1. The standard InChI is InChI=1S/C8H8N.Re/c1-2-4-8-7(3-1)5-6-9-8;/h1-4H,5-6H2;/q-1;. The number of benzene rings is 1. The van der Waals surface area contributed by atoms with Crippen LogP contribution in [0.1, 0.15) is 5.56 Å². The van der Waals surface area contributed by atoms with Crippen molar-refractivity contribution in [3.05, 3.63) is 35.1 Å². The smallest absolute Gasteiger partial charge is 0 e. The summed E-state index contributed by atoms with van der Waals surface area (Å²) < 4.78 is 0. The summed E-state index contributed by atoms with van der Waals surface area (Å²) in [5, 5.41) is 4.30. The van der Waals surface area contributed by atoms with Gasteiger partial charge in [-0.05, 0) is 6.42 Å². The topological polar surface area (TPSA) is 14.1 Å². The molecule has 1 aromatic rings. The Kier molecular flexibility index (Phi) is 2.48. The van der Waals surface area contributed by atoms with Crippen LogP contribution < -0.4 is 0 Å². The Hall–Kier alpha value is -0.318. The molecule has 0 bridgehead atoms. The summed E-state index contributed by atoms with van der Waals surface area (Å²) in [6.45, 7) is 0.985. The van der Waals surface area contributed by atoms with Gasteiger partial charge in [0.2, 0.25) is 0 Å². The maximum atomic E-state index is 4.30. The van der Waals surface area contributed by atoms with Crippen molar-refractivity contribution in [2.24, 2.45) is 0 Å². The van der Waals surface area contributed by atoms with Gasteiger partial charge in [-0.3, -0.25) is 0 Å². The van der Waals surface area contributed by atoms with Crippen molar-refractivity contribution in [1.29, 1.82) is 0 Å². The normalized spacial score (nSPS) is 13.2. The summed E-state index contributed by atoms with van der Waals surface area (Å²) in [5.41, 5.74) is 2.59. The van der Waals surface area contributed by atoms with E-state index >= 15 is 0 Å². The van der Waals surface area contributed by atoms with Crippen molar-refractivity contribution >= 4 is 5.69 Å². The van der Waals surface area contributed by atoms with Crippen molar-refractivity contribution in [1.82, 2.24) is 0 Å². The van der Waals surface area contributed by atoms with E-state index in [0.717, 1.165) is 13.0 Å². The van der Waals surface area contributed by atoms with Crippen LogP contribution in [-0.4, -0.2) is 6.54 Å². The van der Waals surface area contributed by atoms with Crippen molar-refractivity contribution in [2.75, 3.05) is 6.54 Å². The predicted molar refractivity (Wildman–Crippen MR) is 38.0 cm³/mol. The zero-order valence-corrected chi connectivity index (χ0v) is 8.26. The fraction of sp³-hybridized carbons (Fsp3) is 0.250. The molecule has 0 saturated heterocycles. The van der Waals surface area contributed by atoms with Gasteiger partial charge in [0.05, 0.1) is 0 Å². The largest absolute Gasteiger partial charge is 0.684 e. The number of hydrogen-bond donors (Lipinski definition) is 0. The predicted octanol–water partition coefficient (Wildman–Crippen LogP) is 2.25. The summed E-state index contributed by atoms with van der Waals surface area (Å²) in [7, 11) is 0. The molecular weight excluding hydrogens is 296 g/mol. The first-order valence-corrected chi connectivity index (χ1v) is 3.22. The fourth-order valence-corrected chi connectivity index (χ4v) is 1.17. The van der Waals surface area contributed by atoms with E-state index in [-0.39, 0.29) is 20.4 Å². The minimum atomic E-state index is 0. The second kappa shape index (κ2) is 3.19. The molecule has 0 aliphatic carbocycles. The Bertz CT molecular complexity index is 199. The van der Waals surface area contributed by atoms with Gasteiger partial charge in [-0.2, -0.15) is 0 Å². The summed E-state index contributed by atoms with van der Waals surface area (Å²) in [5.74, 6) is 0. The van der Waals surface area contributed by atoms with Crippen LogP contribution in [0.15, 0.2) is 24.3 Å². The number of para-hydroxylation sites is 1. The number of fused-ring (bicyclic) bond motifs is 1. The Morgan fingerprint density at radius 3 is 2.80 bits per heavy atom. The third kappa shape index (κ3) is 1.23. The van der Waals surface area contributed by atoms with Crippen molar-refractivity contribution in [2.45, 2.75) is 6.42 Å². The Morgan fingerprint density at radius 2 is 2.00 bits per heavy atom. The Labute approximate surface area is 74.5 Å². The second-order valence-corrected chi connectivity index (χ2v) is 2.26. The van der Waals surface area contributed by atoms with Gasteiger partial charge >= 0.3 is 0 Å². The van der Waals surface area contributed by atoms with Gasteiger partial charge < -0.3 is 5.32 Å². The van der Waals surface area contributed by atoms with Crippen LogP contribution in [0, 0.1) is 0 Å². The van der Waals surface area contributed by atoms with Crippen LogP contribution in [0.2, 0.25) is 0 Å². The molecular formula is C8H8NRe-. The number of rotatable bonds is 0. The van der Waals surface area contributed by atoms with Crippen LogP contribution in [0.5, 0.6) is 0 Å². The molecule has 1 nitrogen and oxygen atoms in total. The molecule has 0 N–H and O–H groups in total. The maximum Gasteiger partial charge on any atom is 0 e. The molecule has 1 radical (unpaired) electrons. The van der Waals surface area contributed by atoms with E-state index in [1.807, 2.05) is 6.07 Å². The third-order valence-electron chi connectivity index (χ3n) is 1.65. The average Bonchev–Trinajstić information content (AvgIpc) is 2.33. The third-order valence-corrected chi connectivity index (χ3v) is 1.65. The van der Waals surface area contributed by atoms with Gasteiger partial charge in [0.1, 0.15) is 0 Å². The molecule has 1 aromatic carbocycles. The van der Waals surface area contributed by atoms with Gasteiger partial charge in [0.15, 0.2) is 0 Å². The summed E-state index contributed by atoms with van der Waals surface area (Å²) in [6, 6.07) is 8.32. The first-order chi connectivity index (χ1) is 4.47. The minimum absolute atomic E-state index is 0. The van der Waals surface area contributed by atoms with Crippen molar-refractivity contribution in [3.8, 4) is 0 Å². The molecule has 1 aliphatic heterocycles. The second-order valence-electron chi connectivity index (χ2n) is 2.26. The molecule has 53 valence electrons. The quantitative estimate of drug-likeness (QED) is 0.698. The minimum Gasteiger partial charge on any atom is -0.684 e. The van der Waals surface area contributed by atoms with Crippen molar-refractivity contribution < 1.29 is 20.4 Å². The Morgan fingerprint density at radius 1 is 1.20 bits per heavy atom. The van der Waals surface area contributed by atoms with E-state index in [4.69, 9.17) is 0 Å². The monoisotopic (exact) mass is 305 g/mol. The summed E-state index contributed by atoms with van der Waals surface area (Å²) in [4.78, 5) is 0. The number of hydrogen-bond acceptors (Lipinski definition) is 0. The molecule has 0 saturated carbocycles. The van der Waals surface area contributed by atoms with Crippen LogP contribution in [-0.2, 0) is 26.8 Å². The van der Waals surface area contributed by atoms with E-state index in [2.05, 4.69) is 23.5 Å². The molecule has 1 aliphatic rings. The van der Waals surface area contributed by atoms with E-state index in [9.17, 15) is 0 Å². The zero-order chi connectivity index (χ0) is 6.10. The van der Waals surface area contributed by atoms with Crippen LogP contribution in [0.4, 0.5) is 5.69 Å². The van der Waals surface area contributed by atoms with Crippen LogP contribution >= 0.6 is 0 Å². The fourth-order valence-electron chi connectivity index (χ4n) is 1.17. The van der Waals surface area contributed by atoms with Gasteiger partial charge in [-0.25, -0.2) is 0 Å². The van der Waals surface area contributed by atoms with Gasteiger partial charge in [-0.1, -0.05) is 29.8 Å². The molecule has 10 heavy (non-hydrogen) atoms. The van der Waals surface area contributed by atoms with E-state index in [1.54, 1.807) is 0 Å². The molecule has 0 amide bonds. The Balaban J connectivity index is 0.000000500. The van der Waals surface area contributed by atoms with E-state index in [1.165, 1.54) is 11.3 Å². The molecule has 0 atom stereocenters. The van der Waals surface area contributed by atoms with Gasteiger partial charge in [0.25, 0.3) is 0 Å². The van der Waals surface area contributed by atoms with Gasteiger partial charge in [0, 0.05) is 20.4 Å². The summed E-state index contributed by atoms with van der Waals surface area (Å²) in [6.07, 6.45) is 1.14. The maximum absolute atomic E-state index is 4.30. The molecule has 0 aromatic heterocycles. The molecule has 0 fully saturated rings. The molecule has 2 rings (SSSR count). The summed E-state index contributed by atoms with van der Waals surface area (Å²) >= 11 is 0. The molecule has 2 heteroatoms.